The van der Waals surface area contributed by atoms with Crippen LogP contribution in [0.15, 0.2) is 41.4 Å². The van der Waals surface area contributed by atoms with Gasteiger partial charge in [0.15, 0.2) is 0 Å². The van der Waals surface area contributed by atoms with Crippen LogP contribution in [0, 0.1) is 13.8 Å². The van der Waals surface area contributed by atoms with Crippen molar-refractivity contribution in [2.45, 2.75) is 37.6 Å². The van der Waals surface area contributed by atoms with E-state index in [0.717, 1.165) is 24.0 Å². The number of nitrogens with zero attached hydrogens (tertiary/aromatic N) is 2. The molecule has 5 nitrogen and oxygen atoms in total. The summed E-state index contributed by atoms with van der Waals surface area (Å²) in [6.07, 6.45) is 3.31. The lowest BCUT2D eigenvalue weighted by Gasteiger charge is -2.24. The molecule has 1 aliphatic rings. The van der Waals surface area contributed by atoms with Gasteiger partial charge in [-0.1, -0.05) is 6.07 Å². The van der Waals surface area contributed by atoms with Gasteiger partial charge in [-0.25, -0.2) is 17.7 Å². The molecule has 2 aromatic rings. The second kappa shape index (κ2) is 5.85. The molecular weight excluding hydrogens is 312 g/mol. The summed E-state index contributed by atoms with van der Waals surface area (Å²) in [6, 6.07) is 8.72. The van der Waals surface area contributed by atoms with Crippen molar-refractivity contribution in [3.8, 4) is 5.75 Å². The second-order valence-electron chi connectivity index (χ2n) is 5.81. The first-order chi connectivity index (χ1) is 10.9. The first kappa shape index (κ1) is 15.8. The zero-order chi connectivity index (χ0) is 16.6. The lowest BCUT2D eigenvalue weighted by atomic mass is 10.1. The molecule has 0 N–H and O–H groups in total. The maximum Gasteiger partial charge on any atom is 0.269 e. The van der Waals surface area contributed by atoms with Gasteiger partial charge in [0.2, 0.25) is 0 Å². The van der Waals surface area contributed by atoms with Crippen LogP contribution in [0.5, 0.6) is 5.75 Å². The van der Waals surface area contributed by atoms with E-state index in [1.54, 1.807) is 36.5 Å². The van der Waals surface area contributed by atoms with Crippen molar-refractivity contribution >= 4 is 15.8 Å². The molecule has 1 aromatic carbocycles. The smallest absolute Gasteiger partial charge is 0.269 e. The molecule has 3 rings (SSSR count). The molecule has 0 aliphatic heterocycles. The lowest BCUT2D eigenvalue weighted by Crippen LogP contribution is -2.34. The van der Waals surface area contributed by atoms with Crippen LogP contribution in [0.25, 0.3) is 0 Å². The van der Waals surface area contributed by atoms with E-state index in [9.17, 15) is 8.42 Å². The molecule has 23 heavy (non-hydrogen) atoms. The highest BCUT2D eigenvalue weighted by Crippen LogP contribution is 2.38. The highest BCUT2D eigenvalue weighted by molar-refractivity contribution is 7.93. The first-order valence-electron chi connectivity index (χ1n) is 7.56. The van der Waals surface area contributed by atoms with Crippen molar-refractivity contribution < 1.29 is 13.2 Å². The Labute approximate surface area is 137 Å². The molecule has 0 amide bonds. The third-order valence-corrected chi connectivity index (χ3v) is 5.95. The first-order valence-corrected chi connectivity index (χ1v) is 9.00. The highest BCUT2D eigenvalue weighted by Gasteiger charge is 2.40. The minimum absolute atomic E-state index is 0.0267. The van der Waals surface area contributed by atoms with Crippen LogP contribution < -0.4 is 9.04 Å². The Morgan fingerprint density at radius 1 is 1.17 bits per heavy atom. The van der Waals surface area contributed by atoms with Gasteiger partial charge in [0, 0.05) is 12.2 Å². The monoisotopic (exact) mass is 332 g/mol. The number of rotatable bonds is 5. The Morgan fingerprint density at radius 3 is 2.43 bits per heavy atom. The number of sulfonamides is 1. The van der Waals surface area contributed by atoms with Crippen molar-refractivity contribution in [2.75, 3.05) is 11.4 Å². The van der Waals surface area contributed by atoms with Gasteiger partial charge in [-0.3, -0.25) is 0 Å². The van der Waals surface area contributed by atoms with E-state index in [2.05, 4.69) is 4.98 Å². The summed E-state index contributed by atoms with van der Waals surface area (Å²) in [5.41, 5.74) is 1.91. The van der Waals surface area contributed by atoms with Gasteiger partial charge in [0.1, 0.15) is 16.5 Å². The SMILES string of the molecule is COc1cc(C)c(C)cc1S(=O)(=O)N(c1ccccn1)C1CC1. The van der Waals surface area contributed by atoms with Gasteiger partial charge in [-0.05, 0) is 62.1 Å². The molecular formula is C17H20N2O3S. The predicted molar refractivity (Wildman–Crippen MR) is 89.4 cm³/mol. The van der Waals surface area contributed by atoms with Crippen LogP contribution in [0.4, 0.5) is 5.82 Å². The van der Waals surface area contributed by atoms with E-state index < -0.39 is 10.0 Å². The molecule has 0 radical (unpaired) electrons. The summed E-state index contributed by atoms with van der Waals surface area (Å²) in [7, 11) is -2.24. The van der Waals surface area contributed by atoms with Crippen LogP contribution >= 0.6 is 0 Å². The van der Waals surface area contributed by atoms with Gasteiger partial charge < -0.3 is 4.74 Å². The van der Waals surface area contributed by atoms with E-state index >= 15 is 0 Å². The van der Waals surface area contributed by atoms with Gasteiger partial charge in [-0.15, -0.1) is 0 Å². The number of hydrogen-bond acceptors (Lipinski definition) is 4. The average Bonchev–Trinajstić information content (AvgIpc) is 3.35. The zero-order valence-electron chi connectivity index (χ0n) is 13.5. The molecule has 0 spiro atoms. The summed E-state index contributed by atoms with van der Waals surface area (Å²) in [5, 5.41) is 0. The summed E-state index contributed by atoms with van der Waals surface area (Å²) in [5.74, 6) is 0.824. The van der Waals surface area contributed by atoms with Crippen molar-refractivity contribution in [2.24, 2.45) is 0 Å². The number of benzene rings is 1. The van der Waals surface area contributed by atoms with Crippen molar-refractivity contribution in [1.82, 2.24) is 4.98 Å². The van der Waals surface area contributed by atoms with E-state index in [-0.39, 0.29) is 10.9 Å². The molecule has 0 unspecified atom stereocenters. The summed E-state index contributed by atoms with van der Waals surface area (Å²) in [4.78, 5) is 4.43. The second-order valence-corrected chi connectivity index (χ2v) is 7.59. The minimum atomic E-state index is -3.73. The van der Waals surface area contributed by atoms with Gasteiger partial charge >= 0.3 is 0 Å². The summed E-state index contributed by atoms with van der Waals surface area (Å²) in [6.45, 7) is 3.84. The van der Waals surface area contributed by atoms with Crippen LogP contribution in [-0.4, -0.2) is 26.6 Å². The molecule has 1 aromatic heterocycles. The number of hydrogen-bond donors (Lipinski definition) is 0. The lowest BCUT2D eigenvalue weighted by molar-refractivity contribution is 0.402. The average molecular weight is 332 g/mol. The fourth-order valence-electron chi connectivity index (χ4n) is 2.53. The van der Waals surface area contributed by atoms with Crippen LogP contribution in [0.1, 0.15) is 24.0 Å². The molecule has 0 bridgehead atoms. The number of anilines is 1. The normalized spacial score (nSPS) is 14.6. The Hall–Kier alpha value is -2.08. The van der Waals surface area contributed by atoms with E-state index in [4.69, 9.17) is 4.74 Å². The molecule has 1 fully saturated rings. The van der Waals surface area contributed by atoms with E-state index in [0.29, 0.717) is 11.6 Å². The Balaban J connectivity index is 2.15. The number of pyridine rings is 1. The minimum Gasteiger partial charge on any atom is -0.495 e. The molecule has 1 aliphatic carbocycles. The fraction of sp³-hybridized carbons (Fsp3) is 0.353. The van der Waals surface area contributed by atoms with Crippen LogP contribution in [0.2, 0.25) is 0 Å². The molecule has 1 heterocycles. The molecule has 0 saturated heterocycles. The van der Waals surface area contributed by atoms with E-state index in [1.165, 1.54) is 11.4 Å². The third-order valence-electron chi connectivity index (χ3n) is 4.07. The number of methoxy groups -OCH3 is 1. The van der Waals surface area contributed by atoms with Crippen molar-refractivity contribution in [1.29, 1.82) is 0 Å². The topological polar surface area (TPSA) is 59.5 Å². The van der Waals surface area contributed by atoms with Crippen LogP contribution in [0.3, 0.4) is 0 Å². The van der Waals surface area contributed by atoms with Gasteiger partial charge in [0.25, 0.3) is 10.0 Å². The Bertz CT molecular complexity index is 815. The quantitative estimate of drug-likeness (QED) is 0.844. The molecule has 0 atom stereocenters. The zero-order valence-corrected chi connectivity index (χ0v) is 14.3. The fourth-order valence-corrected chi connectivity index (χ4v) is 4.42. The highest BCUT2D eigenvalue weighted by atomic mass is 32.2. The van der Waals surface area contributed by atoms with E-state index in [1.807, 2.05) is 13.8 Å². The molecule has 1 saturated carbocycles. The standard InChI is InChI=1S/C17H20N2O3S/c1-12-10-15(22-3)16(11-13(12)2)23(20,21)19(14-7-8-14)17-6-4-5-9-18-17/h4-6,9-11,14H,7-8H2,1-3H3. The van der Waals surface area contributed by atoms with Gasteiger partial charge in [0.05, 0.1) is 7.11 Å². The maximum atomic E-state index is 13.3. The predicted octanol–water partition coefficient (Wildman–Crippen LogP) is 3.06. The largest absolute Gasteiger partial charge is 0.495 e. The Kier molecular flexibility index (Phi) is 4.02. The van der Waals surface area contributed by atoms with Crippen LogP contribution in [-0.2, 0) is 10.0 Å². The molecule has 6 heteroatoms. The third kappa shape index (κ3) is 2.91. The number of aromatic nitrogens is 1. The Morgan fingerprint density at radius 2 is 1.87 bits per heavy atom. The van der Waals surface area contributed by atoms with Gasteiger partial charge in [-0.2, -0.15) is 0 Å². The summed E-state index contributed by atoms with van der Waals surface area (Å²) >= 11 is 0. The van der Waals surface area contributed by atoms with Crippen molar-refractivity contribution in [3.63, 3.8) is 0 Å². The summed E-state index contributed by atoms with van der Waals surface area (Å²) < 4.78 is 33.3. The molecule has 122 valence electrons. The number of ether oxygens (including phenoxy) is 1. The maximum absolute atomic E-state index is 13.3. The van der Waals surface area contributed by atoms with Crippen molar-refractivity contribution in [3.05, 3.63) is 47.7 Å². The number of aryl methyl sites for hydroxylation is 2.